The standard InChI is InChI=1S/C13H24N4S/c1-6-10(3)9-17(7-2)12-8-11(14-4)15-13(16-12)18-5/h8,10H,6-7,9H2,1-5H3,(H,14,15,16). The highest BCUT2D eigenvalue weighted by Crippen LogP contribution is 2.21. The molecule has 0 aliphatic heterocycles. The van der Waals surface area contributed by atoms with E-state index in [2.05, 4.69) is 41.0 Å². The largest absolute Gasteiger partial charge is 0.373 e. The van der Waals surface area contributed by atoms with Crippen LogP contribution in [-0.4, -0.2) is 36.4 Å². The minimum absolute atomic E-state index is 0.677. The van der Waals surface area contributed by atoms with Crippen molar-refractivity contribution in [3.05, 3.63) is 6.07 Å². The monoisotopic (exact) mass is 268 g/mol. The number of aromatic nitrogens is 2. The summed E-state index contributed by atoms with van der Waals surface area (Å²) < 4.78 is 0. The zero-order chi connectivity index (χ0) is 13.5. The minimum atomic E-state index is 0.677. The third-order valence-electron chi connectivity index (χ3n) is 3.07. The summed E-state index contributed by atoms with van der Waals surface area (Å²) in [5, 5.41) is 3.92. The molecule has 4 nitrogen and oxygen atoms in total. The molecule has 0 aromatic carbocycles. The average Bonchev–Trinajstić information content (AvgIpc) is 2.43. The van der Waals surface area contributed by atoms with E-state index in [4.69, 9.17) is 0 Å². The van der Waals surface area contributed by atoms with E-state index < -0.39 is 0 Å². The molecule has 0 aliphatic carbocycles. The van der Waals surface area contributed by atoms with Gasteiger partial charge in [-0.15, -0.1) is 0 Å². The fourth-order valence-electron chi connectivity index (χ4n) is 1.68. The van der Waals surface area contributed by atoms with Crippen molar-refractivity contribution in [2.45, 2.75) is 32.3 Å². The Bertz CT molecular complexity index is 348. The zero-order valence-electron chi connectivity index (χ0n) is 12.0. The molecule has 0 fully saturated rings. The van der Waals surface area contributed by atoms with Crippen molar-refractivity contribution in [3.8, 4) is 0 Å². The minimum Gasteiger partial charge on any atom is -0.373 e. The lowest BCUT2D eigenvalue weighted by atomic mass is 10.1. The van der Waals surface area contributed by atoms with Gasteiger partial charge in [0.05, 0.1) is 0 Å². The van der Waals surface area contributed by atoms with Crippen molar-refractivity contribution in [1.29, 1.82) is 0 Å². The van der Waals surface area contributed by atoms with Gasteiger partial charge in [-0.3, -0.25) is 0 Å². The van der Waals surface area contributed by atoms with Gasteiger partial charge in [-0.05, 0) is 19.1 Å². The van der Waals surface area contributed by atoms with E-state index in [-0.39, 0.29) is 0 Å². The van der Waals surface area contributed by atoms with E-state index in [0.29, 0.717) is 5.92 Å². The maximum atomic E-state index is 4.60. The van der Waals surface area contributed by atoms with Crippen LogP contribution in [0, 0.1) is 5.92 Å². The fourth-order valence-corrected chi connectivity index (χ4v) is 2.06. The van der Waals surface area contributed by atoms with Crippen molar-refractivity contribution in [2.24, 2.45) is 5.92 Å². The van der Waals surface area contributed by atoms with Gasteiger partial charge in [-0.25, -0.2) is 9.97 Å². The number of hydrogen-bond donors (Lipinski definition) is 1. The molecular formula is C13H24N4S. The molecule has 1 aromatic heterocycles. The van der Waals surface area contributed by atoms with Gasteiger partial charge in [-0.2, -0.15) is 0 Å². The fraction of sp³-hybridized carbons (Fsp3) is 0.692. The van der Waals surface area contributed by atoms with Crippen molar-refractivity contribution < 1.29 is 0 Å². The average molecular weight is 268 g/mol. The lowest BCUT2D eigenvalue weighted by Gasteiger charge is -2.25. The molecule has 0 bridgehead atoms. The Morgan fingerprint density at radius 2 is 2.11 bits per heavy atom. The molecule has 0 spiro atoms. The second kappa shape index (κ2) is 7.46. The van der Waals surface area contributed by atoms with Crippen LogP contribution in [0.1, 0.15) is 27.2 Å². The van der Waals surface area contributed by atoms with Crippen molar-refractivity contribution >= 4 is 23.4 Å². The van der Waals surface area contributed by atoms with Gasteiger partial charge in [0.15, 0.2) is 5.16 Å². The molecule has 102 valence electrons. The first-order chi connectivity index (χ1) is 8.64. The van der Waals surface area contributed by atoms with E-state index in [1.807, 2.05) is 19.4 Å². The third kappa shape index (κ3) is 4.05. The number of nitrogens with one attached hydrogen (secondary N) is 1. The molecular weight excluding hydrogens is 244 g/mol. The molecule has 1 unspecified atom stereocenters. The van der Waals surface area contributed by atoms with Gasteiger partial charge in [0.1, 0.15) is 11.6 Å². The van der Waals surface area contributed by atoms with Crippen molar-refractivity contribution in [3.63, 3.8) is 0 Å². The lowest BCUT2D eigenvalue weighted by Crippen LogP contribution is -2.29. The zero-order valence-corrected chi connectivity index (χ0v) is 12.8. The van der Waals surface area contributed by atoms with E-state index in [1.165, 1.54) is 6.42 Å². The normalized spacial score (nSPS) is 12.3. The van der Waals surface area contributed by atoms with Crippen LogP contribution < -0.4 is 10.2 Å². The second-order valence-corrected chi connectivity index (χ2v) is 5.17. The Kier molecular flexibility index (Phi) is 6.25. The summed E-state index contributed by atoms with van der Waals surface area (Å²) in [4.78, 5) is 11.3. The topological polar surface area (TPSA) is 41.0 Å². The Hall–Kier alpha value is -0.970. The van der Waals surface area contributed by atoms with Crippen molar-refractivity contribution in [2.75, 3.05) is 36.6 Å². The molecule has 0 radical (unpaired) electrons. The molecule has 1 N–H and O–H groups in total. The van der Waals surface area contributed by atoms with E-state index in [1.54, 1.807) is 11.8 Å². The maximum Gasteiger partial charge on any atom is 0.191 e. The number of nitrogens with zero attached hydrogens (tertiary/aromatic N) is 3. The number of anilines is 2. The molecule has 18 heavy (non-hydrogen) atoms. The summed E-state index contributed by atoms with van der Waals surface area (Å²) in [6.45, 7) is 8.69. The maximum absolute atomic E-state index is 4.60. The summed E-state index contributed by atoms with van der Waals surface area (Å²) >= 11 is 1.58. The molecule has 1 heterocycles. The van der Waals surface area contributed by atoms with Crippen LogP contribution in [0.25, 0.3) is 0 Å². The Morgan fingerprint density at radius 1 is 1.39 bits per heavy atom. The van der Waals surface area contributed by atoms with Crippen molar-refractivity contribution in [1.82, 2.24) is 9.97 Å². The molecule has 1 atom stereocenters. The van der Waals surface area contributed by atoms with Crippen LogP contribution in [0.2, 0.25) is 0 Å². The molecule has 5 heteroatoms. The second-order valence-electron chi connectivity index (χ2n) is 4.40. The first-order valence-electron chi connectivity index (χ1n) is 6.50. The van der Waals surface area contributed by atoms with Gasteiger partial charge in [0.2, 0.25) is 0 Å². The molecule has 1 rings (SSSR count). The molecule has 0 saturated carbocycles. The van der Waals surface area contributed by atoms with Gasteiger partial charge in [0, 0.05) is 26.2 Å². The van der Waals surface area contributed by atoms with Gasteiger partial charge < -0.3 is 10.2 Å². The lowest BCUT2D eigenvalue weighted by molar-refractivity contribution is 0.544. The summed E-state index contributed by atoms with van der Waals surface area (Å²) in [6.07, 6.45) is 3.19. The Morgan fingerprint density at radius 3 is 2.61 bits per heavy atom. The summed E-state index contributed by atoms with van der Waals surface area (Å²) in [5.41, 5.74) is 0. The number of rotatable bonds is 7. The first kappa shape index (κ1) is 15.1. The summed E-state index contributed by atoms with van der Waals surface area (Å²) in [5.74, 6) is 2.57. The molecule has 1 aromatic rings. The van der Waals surface area contributed by atoms with E-state index >= 15 is 0 Å². The number of thioether (sulfide) groups is 1. The van der Waals surface area contributed by atoms with Gasteiger partial charge in [0.25, 0.3) is 0 Å². The molecule has 0 amide bonds. The third-order valence-corrected chi connectivity index (χ3v) is 3.61. The highest BCUT2D eigenvalue weighted by molar-refractivity contribution is 7.98. The summed E-state index contributed by atoms with van der Waals surface area (Å²) in [7, 11) is 1.89. The van der Waals surface area contributed by atoms with E-state index in [9.17, 15) is 0 Å². The predicted octanol–water partition coefficient (Wildman–Crippen LogP) is 3.11. The predicted molar refractivity (Wildman–Crippen MR) is 80.7 cm³/mol. The van der Waals surface area contributed by atoms with Crippen LogP contribution in [0.15, 0.2) is 11.2 Å². The van der Waals surface area contributed by atoms with Crippen LogP contribution in [0.3, 0.4) is 0 Å². The number of hydrogen-bond acceptors (Lipinski definition) is 5. The van der Waals surface area contributed by atoms with Gasteiger partial charge >= 0.3 is 0 Å². The van der Waals surface area contributed by atoms with Crippen LogP contribution in [-0.2, 0) is 0 Å². The highest BCUT2D eigenvalue weighted by Gasteiger charge is 2.12. The van der Waals surface area contributed by atoms with Gasteiger partial charge in [-0.1, -0.05) is 32.0 Å². The van der Waals surface area contributed by atoms with Crippen LogP contribution >= 0.6 is 11.8 Å². The van der Waals surface area contributed by atoms with E-state index in [0.717, 1.165) is 29.9 Å². The van der Waals surface area contributed by atoms with Crippen LogP contribution in [0.4, 0.5) is 11.6 Å². The molecule has 0 saturated heterocycles. The smallest absolute Gasteiger partial charge is 0.191 e. The summed E-state index contributed by atoms with van der Waals surface area (Å²) in [6, 6.07) is 2.02. The van der Waals surface area contributed by atoms with Crippen LogP contribution in [0.5, 0.6) is 0 Å². The Balaban J connectivity index is 2.96. The Labute approximate surface area is 115 Å². The molecule has 0 aliphatic rings. The SMILES string of the molecule is CCC(C)CN(CC)c1cc(NC)nc(SC)n1. The highest BCUT2D eigenvalue weighted by atomic mass is 32.2. The first-order valence-corrected chi connectivity index (χ1v) is 7.72. The quantitative estimate of drug-likeness (QED) is 0.608.